The summed E-state index contributed by atoms with van der Waals surface area (Å²) >= 11 is 6.30. The molecule has 1 aliphatic heterocycles. The lowest BCUT2D eigenvalue weighted by Gasteiger charge is -2.46. The number of pyridine rings is 1. The van der Waals surface area contributed by atoms with E-state index in [9.17, 15) is 19.5 Å². The van der Waals surface area contributed by atoms with Gasteiger partial charge in [-0.05, 0) is 29.8 Å². The summed E-state index contributed by atoms with van der Waals surface area (Å²) in [4.78, 5) is 52.2. The van der Waals surface area contributed by atoms with Gasteiger partial charge in [-0.1, -0.05) is 18.2 Å². The molecule has 32 heavy (non-hydrogen) atoms. The van der Waals surface area contributed by atoms with Gasteiger partial charge in [0.05, 0.1) is 30.1 Å². The van der Waals surface area contributed by atoms with Crippen LogP contribution in [0.3, 0.4) is 0 Å². The Morgan fingerprint density at radius 3 is 2.56 bits per heavy atom. The van der Waals surface area contributed by atoms with Crippen molar-refractivity contribution in [3.63, 3.8) is 0 Å². The molecular weight excluding hydrogens is 436 g/mol. The van der Waals surface area contributed by atoms with Crippen LogP contribution in [0.15, 0.2) is 37.2 Å². The van der Waals surface area contributed by atoms with Crippen LogP contribution in [0, 0.1) is 0 Å². The second-order valence-corrected chi connectivity index (χ2v) is 7.51. The van der Waals surface area contributed by atoms with E-state index in [1.54, 1.807) is 17.0 Å². The molecule has 2 aromatic heterocycles. The number of carbonyl (C=O) groups is 3. The Morgan fingerprint density at radius 2 is 1.94 bits per heavy atom. The summed E-state index contributed by atoms with van der Waals surface area (Å²) in [5.74, 6) is -0.939. The molecule has 0 aromatic carbocycles. The molecule has 1 aliphatic rings. The first-order valence-electron chi connectivity index (χ1n) is 9.83. The molecule has 2 N–H and O–H groups in total. The summed E-state index contributed by atoms with van der Waals surface area (Å²) in [6, 6.07) is 3.34. The zero-order chi connectivity index (χ0) is 23.4. The lowest BCUT2D eigenvalue weighted by Crippen LogP contribution is -2.58. The number of nitrogens with one attached hydrogen (secondary N) is 1. The van der Waals surface area contributed by atoms with Gasteiger partial charge in [-0.3, -0.25) is 14.4 Å². The number of piperazine rings is 1. The van der Waals surface area contributed by atoms with Gasteiger partial charge in [-0.25, -0.2) is 15.0 Å². The number of amides is 3. The molecule has 0 bridgehead atoms. The fourth-order valence-electron chi connectivity index (χ4n) is 3.81. The maximum absolute atomic E-state index is 12.4. The molecule has 3 amide bonds. The van der Waals surface area contributed by atoms with Crippen LogP contribution in [-0.2, 0) is 9.59 Å². The predicted octanol–water partition coefficient (Wildman–Crippen LogP) is 0.830. The van der Waals surface area contributed by atoms with E-state index in [-0.39, 0.29) is 48.3 Å². The second-order valence-electron chi connectivity index (χ2n) is 7.12. The third kappa shape index (κ3) is 4.61. The molecule has 0 saturated carbocycles. The fraction of sp³-hybridized carbons (Fsp3) is 0.333. The van der Waals surface area contributed by atoms with E-state index < -0.39 is 12.1 Å². The molecule has 0 spiro atoms. The Bertz CT molecular complexity index is 1060. The monoisotopic (exact) mass is 458 g/mol. The molecule has 168 valence electrons. The van der Waals surface area contributed by atoms with E-state index in [0.29, 0.717) is 17.0 Å². The predicted molar refractivity (Wildman–Crippen MR) is 117 cm³/mol. The Hall–Kier alpha value is -3.37. The molecule has 3 heterocycles. The highest BCUT2D eigenvalue weighted by molar-refractivity contribution is 6.29. The minimum atomic E-state index is -0.712. The van der Waals surface area contributed by atoms with Gasteiger partial charge in [0, 0.05) is 27.1 Å². The summed E-state index contributed by atoms with van der Waals surface area (Å²) in [5.41, 5.74) is 1.43. The first kappa shape index (κ1) is 23.3. The van der Waals surface area contributed by atoms with Crippen LogP contribution in [0.4, 0.5) is 0 Å². The van der Waals surface area contributed by atoms with Gasteiger partial charge in [0.2, 0.25) is 11.8 Å². The molecule has 2 aromatic rings. The van der Waals surface area contributed by atoms with Crippen LogP contribution in [-0.4, -0.2) is 80.4 Å². The third-order valence-electron chi connectivity index (χ3n) is 5.28. The minimum Gasteiger partial charge on any atom is -0.394 e. The fourth-order valence-corrected chi connectivity index (χ4v) is 4.03. The van der Waals surface area contributed by atoms with Crippen molar-refractivity contribution in [2.45, 2.75) is 19.0 Å². The van der Waals surface area contributed by atoms with E-state index in [2.05, 4.69) is 26.8 Å². The number of rotatable bonds is 5. The largest absolute Gasteiger partial charge is 0.394 e. The molecule has 11 heteroatoms. The summed E-state index contributed by atoms with van der Waals surface area (Å²) in [5, 5.41) is 12.8. The standard InChI is InChI=1S/C21H23ClN6O4/c1-4-19(31)28-6-5-27(12(2)30)20(17(28)10-29)13-7-15(26-18(22)8-13)14-9-16(21(32)23-3)25-11-24-14/h4,7-9,11,17,20,29H,1,5-6,10H2,2-3H3,(H,23,32)/t17-,20-/m1/s1. The highest BCUT2D eigenvalue weighted by Crippen LogP contribution is 2.34. The zero-order valence-electron chi connectivity index (χ0n) is 17.7. The summed E-state index contributed by atoms with van der Waals surface area (Å²) in [7, 11) is 1.49. The van der Waals surface area contributed by atoms with Crippen LogP contribution in [0.5, 0.6) is 0 Å². The number of halogens is 1. The SMILES string of the molecule is C=CC(=O)N1CCN(C(C)=O)[C@H](c2cc(Cl)nc(-c3cc(C(=O)NC)ncn3)c2)[C@H]1CO. The number of aromatic nitrogens is 3. The molecule has 0 unspecified atom stereocenters. The smallest absolute Gasteiger partial charge is 0.269 e. The van der Waals surface area contributed by atoms with Crippen molar-refractivity contribution in [1.82, 2.24) is 30.1 Å². The van der Waals surface area contributed by atoms with Crippen molar-refractivity contribution in [1.29, 1.82) is 0 Å². The van der Waals surface area contributed by atoms with Crippen LogP contribution >= 0.6 is 11.6 Å². The van der Waals surface area contributed by atoms with Crippen LogP contribution < -0.4 is 5.32 Å². The maximum Gasteiger partial charge on any atom is 0.269 e. The normalized spacial score (nSPS) is 18.2. The number of hydrogen-bond acceptors (Lipinski definition) is 7. The van der Waals surface area contributed by atoms with Gasteiger partial charge < -0.3 is 20.2 Å². The summed E-state index contributed by atoms with van der Waals surface area (Å²) in [6.45, 7) is 5.11. The molecule has 0 radical (unpaired) electrons. The zero-order valence-corrected chi connectivity index (χ0v) is 18.4. The van der Waals surface area contributed by atoms with Crippen LogP contribution in [0.1, 0.15) is 29.0 Å². The Labute approximate surface area is 189 Å². The Morgan fingerprint density at radius 1 is 1.22 bits per heavy atom. The van der Waals surface area contributed by atoms with Crippen molar-refractivity contribution in [3.05, 3.63) is 53.6 Å². The number of hydrogen-bond donors (Lipinski definition) is 2. The minimum absolute atomic E-state index is 0.130. The van der Waals surface area contributed by atoms with E-state index in [1.807, 2.05) is 0 Å². The topological polar surface area (TPSA) is 129 Å². The average molecular weight is 459 g/mol. The summed E-state index contributed by atoms with van der Waals surface area (Å²) in [6.07, 6.45) is 2.42. The van der Waals surface area contributed by atoms with Gasteiger partial charge in [0.1, 0.15) is 17.2 Å². The Balaban J connectivity index is 2.11. The third-order valence-corrected chi connectivity index (χ3v) is 5.47. The first-order valence-corrected chi connectivity index (χ1v) is 10.2. The van der Waals surface area contributed by atoms with Gasteiger partial charge in [0.15, 0.2) is 0 Å². The maximum atomic E-state index is 12.4. The van der Waals surface area contributed by atoms with E-state index in [1.165, 1.54) is 37.3 Å². The number of aliphatic hydroxyl groups excluding tert-OH is 1. The number of carbonyl (C=O) groups excluding carboxylic acids is 3. The Kier molecular flexibility index (Phi) is 7.16. The van der Waals surface area contributed by atoms with E-state index in [0.717, 1.165) is 0 Å². The summed E-state index contributed by atoms with van der Waals surface area (Å²) < 4.78 is 0. The van der Waals surface area contributed by atoms with Crippen LogP contribution in [0.2, 0.25) is 5.15 Å². The highest BCUT2D eigenvalue weighted by atomic mass is 35.5. The molecule has 2 atom stereocenters. The quantitative estimate of drug-likeness (QED) is 0.501. The lowest BCUT2D eigenvalue weighted by atomic mass is 9.93. The van der Waals surface area contributed by atoms with Crippen molar-refractivity contribution in [3.8, 4) is 11.4 Å². The molecule has 3 rings (SSSR count). The molecule has 10 nitrogen and oxygen atoms in total. The molecular formula is C21H23ClN6O4. The second kappa shape index (κ2) is 9.84. The highest BCUT2D eigenvalue weighted by Gasteiger charge is 2.40. The van der Waals surface area contributed by atoms with Crippen molar-refractivity contribution >= 4 is 29.3 Å². The van der Waals surface area contributed by atoms with Gasteiger partial charge in [0.25, 0.3) is 5.91 Å². The van der Waals surface area contributed by atoms with Gasteiger partial charge in [-0.2, -0.15) is 0 Å². The molecule has 0 aliphatic carbocycles. The number of nitrogens with zero attached hydrogens (tertiary/aromatic N) is 5. The van der Waals surface area contributed by atoms with E-state index >= 15 is 0 Å². The molecule has 1 fully saturated rings. The van der Waals surface area contributed by atoms with Gasteiger partial charge >= 0.3 is 0 Å². The van der Waals surface area contributed by atoms with Gasteiger partial charge in [-0.15, -0.1) is 0 Å². The van der Waals surface area contributed by atoms with Crippen molar-refractivity contribution in [2.24, 2.45) is 0 Å². The average Bonchev–Trinajstić information content (AvgIpc) is 2.81. The van der Waals surface area contributed by atoms with Crippen molar-refractivity contribution < 1.29 is 19.5 Å². The first-order chi connectivity index (χ1) is 15.3. The lowest BCUT2D eigenvalue weighted by molar-refractivity contribution is -0.145. The van der Waals surface area contributed by atoms with E-state index in [4.69, 9.17) is 11.6 Å². The van der Waals surface area contributed by atoms with Crippen LogP contribution in [0.25, 0.3) is 11.4 Å². The number of aliphatic hydroxyl groups is 1. The van der Waals surface area contributed by atoms with Crippen molar-refractivity contribution in [2.75, 3.05) is 26.7 Å². The molecule has 1 saturated heterocycles.